The molecule has 0 amide bonds. The van der Waals surface area contributed by atoms with Crippen molar-refractivity contribution in [3.63, 3.8) is 0 Å². The minimum atomic E-state index is -3.30. The normalized spacial score (nSPS) is 10.8. The maximum absolute atomic E-state index is 12.8. The molecule has 12 N–H and O–H groups in total. The van der Waals surface area contributed by atoms with E-state index in [-0.39, 0.29) is 76.4 Å². The number of methoxy groups -OCH3 is 1. The maximum Gasteiger partial charge on any atom is 0.361 e. The Morgan fingerprint density at radius 2 is 1.16 bits per heavy atom. The highest BCUT2D eigenvalue weighted by Crippen LogP contribution is 2.37. The number of aryl methyl sites for hydroxylation is 9. The molecule has 0 aliphatic rings. The van der Waals surface area contributed by atoms with Crippen LogP contribution in [0.5, 0.6) is 0 Å². The van der Waals surface area contributed by atoms with Gasteiger partial charge in [-0.15, -0.1) is 56.7 Å². The van der Waals surface area contributed by atoms with Crippen LogP contribution >= 0.6 is 114 Å². The molecule has 43 heteroatoms. The van der Waals surface area contributed by atoms with Crippen LogP contribution < -0.4 is 17.2 Å². The Bertz CT molecular complexity index is 4650. The molecule has 11 aromatic heterocycles. The topological polar surface area (TPSA) is 481 Å². The number of aromatic nitrogens is 9. The van der Waals surface area contributed by atoms with E-state index in [0.717, 1.165) is 81.9 Å². The molecule has 11 aromatic rings. The van der Waals surface area contributed by atoms with Crippen molar-refractivity contribution >= 4 is 164 Å². The van der Waals surface area contributed by atoms with Crippen LogP contribution in [0, 0.1) is 72.6 Å². The van der Waals surface area contributed by atoms with Crippen molar-refractivity contribution < 1.29 is 94.9 Å². The molecule has 0 fully saturated rings. The smallest absolute Gasteiger partial charge is 0.361 e. The third kappa shape index (κ3) is 40.2. The maximum atomic E-state index is 12.8. The molecule has 0 spiro atoms. The molecule has 0 radical (unpaired) electrons. The monoisotopic (exact) mass is 1830 g/mol. The Morgan fingerprint density at radius 1 is 0.586 bits per heavy atom. The van der Waals surface area contributed by atoms with E-state index in [1.165, 1.54) is 58.5 Å². The van der Waals surface area contributed by atoms with Crippen molar-refractivity contribution in [1.29, 1.82) is 0 Å². The summed E-state index contributed by atoms with van der Waals surface area (Å²) in [6.45, 7) is 36.8. The van der Waals surface area contributed by atoms with Gasteiger partial charge in [-0.3, -0.25) is 9.78 Å². The molecular formula is C73H103ClF2N12O18S10. The van der Waals surface area contributed by atoms with Crippen LogP contribution in [0.25, 0.3) is 0 Å². The summed E-state index contributed by atoms with van der Waals surface area (Å²) in [6, 6.07) is 0.168. The van der Waals surface area contributed by atoms with Gasteiger partial charge in [0.25, 0.3) is 6.01 Å². The number of nitrogens with two attached hydrogens (primary N) is 3. The second-order valence-electron chi connectivity index (χ2n) is 25.5. The highest BCUT2D eigenvalue weighted by Gasteiger charge is 2.27. The molecule has 0 saturated carbocycles. The number of thiophene rings is 2. The number of nitrogens with zero attached hydrogens (tertiary/aromatic N) is 9. The van der Waals surface area contributed by atoms with E-state index in [4.69, 9.17) is 57.4 Å². The molecule has 0 saturated heterocycles. The lowest BCUT2D eigenvalue weighted by Crippen LogP contribution is -2.16. The molecule has 116 heavy (non-hydrogen) atoms. The molecule has 11 rings (SSSR count). The van der Waals surface area contributed by atoms with Crippen molar-refractivity contribution in [1.82, 2.24) is 44.4 Å². The summed E-state index contributed by atoms with van der Waals surface area (Å²) < 4.78 is 80.4. The number of ether oxygens (including phenoxy) is 4. The Balaban J connectivity index is 0.000000640. The standard InChI is InChI=1S/C8H13NO3S2.C8H11NO2S.C8H12OS.C7H9NO2S.C7H11NO2.C7H11NOS.C6H6ClNO2S.C6H7FN2O2S.C6H8FNOS.C6H10N2O2.C4H5NS/c1-8(2,10)7-6(9)5(4-13-7)14(3,11)12;1-3-11-8(10)4-7-5-12-6(2)9-7;1-6-4-10-5-7(6)8(2,3)9;1-3-10-7(9)6-4-11-5(2)8-6;2*1-5-6(4-8-10-5)7(2,3)9;1-3-8-4(5(7)11-3)6(9)10-2;1-2-11-5(10)3-4(7)12-6(8)9-3;1-4-8-5(2-3-9)6(7)10-4;1-4-5(2-3-9)8-6(7)10-4;1-4-5-2-3-6-4/h4,10H,9H2,1-3H3;5H,3-4H2,1-2H3;4-5,9H,1-3H3;4H,3H2,1-2H3;2*4,9H,1-3H3;1-2H3;2H2,1H3,(H2,8,9);9H,2-3H2,1H3;9H,2-3H2,1H3,(H2,7,8);2-3H,1H3. The van der Waals surface area contributed by atoms with Gasteiger partial charge < -0.3 is 75.7 Å². The summed E-state index contributed by atoms with van der Waals surface area (Å²) in [5.41, 5.74) is 19.0. The largest absolute Gasteiger partial charge is 0.466 e. The molecule has 0 atom stereocenters. The van der Waals surface area contributed by atoms with E-state index >= 15 is 0 Å². The summed E-state index contributed by atoms with van der Waals surface area (Å²) in [5.74, 6) is -0.444. The number of carbonyl (C=O) groups excluding carboxylic acids is 4. The zero-order chi connectivity index (χ0) is 88.8. The minimum absolute atomic E-state index is 0.0237. The number of sulfone groups is 1. The lowest BCUT2D eigenvalue weighted by molar-refractivity contribution is -0.142. The number of oxazole rings is 1. The predicted octanol–water partition coefficient (Wildman–Crippen LogP) is 14.9. The lowest BCUT2D eigenvalue weighted by Gasteiger charge is -2.16. The van der Waals surface area contributed by atoms with E-state index in [1.807, 2.05) is 70.0 Å². The fourth-order valence-electron chi connectivity index (χ4n) is 8.44. The SMILES string of the molecule is CC(C)(O)c1scc(S(C)(=O)=O)c1N.CCOC(=O)Cc1csc(C)n1.CCOC(=O)c1csc(C)n1.CCOC(=O)c1nc(N)sc1F.COC(=O)c1nc(C)sc1Cl.Cc1cscc1C(C)(C)O.Cc1nc(CCO)c(F)s1.Cc1nccs1.Cc1oc(N)nc1CCO.Cc1oncc1C(C)(C)O.Cc1sncc1C(C)(C)O. The Hall–Kier alpha value is -7.63. The number of anilines is 3. The van der Waals surface area contributed by atoms with Crippen LogP contribution in [0.1, 0.15) is 193 Å². The van der Waals surface area contributed by atoms with Crippen LogP contribution in [0.4, 0.5) is 25.6 Å². The van der Waals surface area contributed by atoms with Crippen molar-refractivity contribution in [3.8, 4) is 0 Å². The third-order valence-corrected chi connectivity index (χ3v) is 22.7. The van der Waals surface area contributed by atoms with Gasteiger partial charge in [-0.2, -0.15) is 25.1 Å². The van der Waals surface area contributed by atoms with E-state index in [0.29, 0.717) is 74.5 Å². The first-order valence-electron chi connectivity index (χ1n) is 34.5. The number of esters is 4. The highest BCUT2D eigenvalue weighted by molar-refractivity contribution is 7.91. The number of hydrogen-bond donors (Lipinski definition) is 9. The first-order chi connectivity index (χ1) is 53.8. The van der Waals surface area contributed by atoms with Gasteiger partial charge in [-0.1, -0.05) is 39.4 Å². The number of hydrogen-bond acceptors (Lipinski definition) is 39. The van der Waals surface area contributed by atoms with Gasteiger partial charge in [-0.25, -0.2) is 52.1 Å². The van der Waals surface area contributed by atoms with Gasteiger partial charge in [0.05, 0.1) is 115 Å². The molecule has 0 aromatic carbocycles. The highest BCUT2D eigenvalue weighted by atomic mass is 35.5. The zero-order valence-electron chi connectivity index (χ0n) is 68.4. The summed E-state index contributed by atoms with van der Waals surface area (Å²) in [6.07, 6.45) is 7.27. The summed E-state index contributed by atoms with van der Waals surface area (Å²) >= 11 is 17.5. The van der Waals surface area contributed by atoms with E-state index in [1.54, 1.807) is 142 Å². The first kappa shape index (κ1) is 106. The summed E-state index contributed by atoms with van der Waals surface area (Å²) in [5, 5.41) is 73.3. The number of rotatable bonds is 17. The van der Waals surface area contributed by atoms with Crippen molar-refractivity contribution in [2.45, 2.75) is 185 Å². The average Bonchev–Trinajstić information content (AvgIpc) is 1.65. The lowest BCUT2D eigenvalue weighted by atomic mass is 9.99. The van der Waals surface area contributed by atoms with Gasteiger partial charge >= 0.3 is 23.9 Å². The molecule has 11 heterocycles. The van der Waals surface area contributed by atoms with Gasteiger partial charge in [0, 0.05) is 82.2 Å². The van der Waals surface area contributed by atoms with E-state index < -0.39 is 49.3 Å². The van der Waals surface area contributed by atoms with Crippen molar-refractivity contribution in [2.24, 2.45) is 0 Å². The Labute approximate surface area is 714 Å². The zero-order valence-corrected chi connectivity index (χ0v) is 77.3. The predicted molar refractivity (Wildman–Crippen MR) is 456 cm³/mol. The van der Waals surface area contributed by atoms with Gasteiger partial charge in [-0.05, 0) is 172 Å². The molecule has 0 aliphatic heterocycles. The van der Waals surface area contributed by atoms with Gasteiger partial charge in [0.2, 0.25) is 5.13 Å². The van der Waals surface area contributed by atoms with Crippen LogP contribution in [0.3, 0.4) is 0 Å². The van der Waals surface area contributed by atoms with Gasteiger partial charge in [0.1, 0.15) is 20.8 Å². The van der Waals surface area contributed by atoms with E-state index in [2.05, 4.69) is 53.9 Å². The van der Waals surface area contributed by atoms with Crippen molar-refractivity contribution in [3.05, 3.63) is 168 Å². The minimum Gasteiger partial charge on any atom is -0.466 e. The average molecular weight is 1830 g/mol. The second kappa shape index (κ2) is 51.6. The first-order valence-corrected chi connectivity index (χ1v) is 44.5. The quantitative estimate of drug-likeness (QED) is 0.0302. The fraction of sp³-hybridized carbons (Fsp3) is 0.466. The van der Waals surface area contributed by atoms with Crippen LogP contribution in [0.2, 0.25) is 4.34 Å². The van der Waals surface area contributed by atoms with Crippen molar-refractivity contribution in [2.75, 3.05) is 63.6 Å². The van der Waals surface area contributed by atoms with E-state index in [9.17, 15) is 56.8 Å². The third-order valence-electron chi connectivity index (χ3n) is 13.5. The molecule has 644 valence electrons. The van der Waals surface area contributed by atoms with Gasteiger partial charge in [0.15, 0.2) is 37.2 Å². The number of aliphatic hydroxyl groups is 6. The molecule has 0 unspecified atom stereocenters. The fourth-order valence-corrected chi connectivity index (χ4v) is 16.4. The Morgan fingerprint density at radius 3 is 1.48 bits per heavy atom. The van der Waals surface area contributed by atoms with Crippen LogP contribution in [0.15, 0.2) is 64.7 Å². The number of thiazole rings is 6. The van der Waals surface area contributed by atoms with Crippen LogP contribution in [-0.4, -0.2) is 154 Å². The molecule has 0 bridgehead atoms. The van der Waals surface area contributed by atoms with Crippen LogP contribution in [-0.2, 0) is 75.2 Å². The number of carbonyl (C=O) groups is 4. The number of halogens is 3. The molecule has 30 nitrogen and oxygen atoms in total. The number of nitrogen functional groups attached to an aromatic ring is 3. The molecule has 0 aliphatic carbocycles. The summed E-state index contributed by atoms with van der Waals surface area (Å²) in [4.78, 5) is 72.6. The number of aliphatic hydroxyl groups excluding tert-OH is 2. The summed E-state index contributed by atoms with van der Waals surface area (Å²) in [7, 11) is -2.00. The molecular weight excluding hydrogens is 1730 g/mol. The Kier molecular flexibility index (Phi) is 47.4. The second-order valence-corrected chi connectivity index (χ2v) is 37.2.